The van der Waals surface area contributed by atoms with E-state index in [0.29, 0.717) is 0 Å². The number of nitrogens with zero attached hydrogens (tertiary/aromatic N) is 2. The molecule has 0 aromatic heterocycles. The van der Waals surface area contributed by atoms with Crippen LogP contribution in [0, 0.1) is 0 Å². The van der Waals surface area contributed by atoms with E-state index in [1.807, 2.05) is 0 Å². The molecule has 2 aromatic rings. The molecule has 0 saturated carbocycles. The number of hydrogen-bond donors (Lipinski definition) is 0. The highest BCUT2D eigenvalue weighted by molar-refractivity contribution is 5.88. The lowest BCUT2D eigenvalue weighted by molar-refractivity contribution is 0.151. The highest BCUT2D eigenvalue weighted by Gasteiger charge is 2.12. The third-order valence-electron chi connectivity index (χ3n) is 4.97. The highest BCUT2D eigenvalue weighted by atomic mass is 35.5. The van der Waals surface area contributed by atoms with Crippen molar-refractivity contribution < 1.29 is 4.74 Å². The Kier molecular flexibility index (Phi) is 8.53. The lowest BCUT2D eigenvalue weighted by Crippen LogP contribution is -2.44. The molecule has 3 nitrogen and oxygen atoms in total. The normalized spacial score (nSPS) is 15.9. The molecule has 1 heterocycles. The van der Waals surface area contributed by atoms with E-state index in [-0.39, 0.29) is 12.4 Å². The largest absolute Gasteiger partial charge is 0.493 e. The summed E-state index contributed by atoms with van der Waals surface area (Å²) >= 11 is 0. The first-order valence-corrected chi connectivity index (χ1v) is 9.34. The monoisotopic (exact) mass is 362 g/mol. The van der Waals surface area contributed by atoms with Crippen molar-refractivity contribution in [3.05, 3.63) is 42.5 Å². The third-order valence-corrected chi connectivity index (χ3v) is 4.97. The summed E-state index contributed by atoms with van der Waals surface area (Å²) in [6.45, 7) is 7.00. The molecule has 4 heteroatoms. The van der Waals surface area contributed by atoms with Crippen molar-refractivity contribution >= 4 is 23.2 Å². The summed E-state index contributed by atoms with van der Waals surface area (Å²) in [5.74, 6) is 1.02. The number of benzene rings is 2. The quantitative estimate of drug-likeness (QED) is 0.645. The van der Waals surface area contributed by atoms with Crippen LogP contribution in [0.4, 0.5) is 0 Å². The zero-order chi connectivity index (χ0) is 16.6. The molecule has 2 aromatic carbocycles. The second-order valence-corrected chi connectivity index (χ2v) is 6.88. The van der Waals surface area contributed by atoms with E-state index in [9.17, 15) is 0 Å². The van der Waals surface area contributed by atoms with E-state index < -0.39 is 0 Å². The molecule has 1 fully saturated rings. The van der Waals surface area contributed by atoms with Crippen molar-refractivity contribution in [1.29, 1.82) is 0 Å². The minimum absolute atomic E-state index is 0. The third kappa shape index (κ3) is 6.18. The first-order valence-electron chi connectivity index (χ1n) is 9.34. The highest BCUT2D eigenvalue weighted by Crippen LogP contribution is 2.25. The predicted octanol–water partition coefficient (Wildman–Crippen LogP) is 4.45. The van der Waals surface area contributed by atoms with E-state index >= 15 is 0 Å². The summed E-state index contributed by atoms with van der Waals surface area (Å²) < 4.78 is 6.01. The van der Waals surface area contributed by atoms with Gasteiger partial charge in [0.05, 0.1) is 6.61 Å². The first-order chi connectivity index (χ1) is 11.8. The fourth-order valence-electron chi connectivity index (χ4n) is 3.37. The molecule has 0 bridgehead atoms. The molecule has 0 radical (unpaired) electrons. The Morgan fingerprint density at radius 1 is 0.840 bits per heavy atom. The maximum Gasteiger partial charge on any atom is 0.127 e. The number of halogens is 1. The molecule has 0 amide bonds. The molecule has 1 aliphatic heterocycles. The van der Waals surface area contributed by atoms with E-state index in [0.717, 1.165) is 18.8 Å². The van der Waals surface area contributed by atoms with Crippen molar-refractivity contribution in [3.8, 4) is 5.75 Å². The summed E-state index contributed by atoms with van der Waals surface area (Å²) in [5, 5.41) is 2.47. The van der Waals surface area contributed by atoms with Gasteiger partial charge in [-0.2, -0.15) is 0 Å². The van der Waals surface area contributed by atoms with Crippen LogP contribution in [0.2, 0.25) is 0 Å². The summed E-state index contributed by atoms with van der Waals surface area (Å²) in [4.78, 5) is 5.02. The average Bonchev–Trinajstić information content (AvgIpc) is 2.62. The van der Waals surface area contributed by atoms with Crippen LogP contribution in [-0.4, -0.2) is 56.2 Å². The van der Waals surface area contributed by atoms with Gasteiger partial charge < -0.3 is 14.5 Å². The number of unbranched alkanes of at least 4 members (excludes halogenated alkanes) is 3. The second kappa shape index (κ2) is 10.6. The summed E-state index contributed by atoms with van der Waals surface area (Å²) in [5.41, 5.74) is 0. The average molecular weight is 363 g/mol. The van der Waals surface area contributed by atoms with E-state index in [1.165, 1.54) is 62.8 Å². The second-order valence-electron chi connectivity index (χ2n) is 6.88. The van der Waals surface area contributed by atoms with Gasteiger partial charge in [0.25, 0.3) is 0 Å². The van der Waals surface area contributed by atoms with Crippen molar-refractivity contribution in [1.82, 2.24) is 9.80 Å². The summed E-state index contributed by atoms with van der Waals surface area (Å²) in [7, 11) is 2.22. The van der Waals surface area contributed by atoms with Crippen molar-refractivity contribution in [3.63, 3.8) is 0 Å². The molecule has 0 aliphatic carbocycles. The van der Waals surface area contributed by atoms with Gasteiger partial charge in [0.15, 0.2) is 0 Å². The zero-order valence-electron chi connectivity index (χ0n) is 15.3. The minimum atomic E-state index is 0. The Morgan fingerprint density at radius 3 is 2.40 bits per heavy atom. The van der Waals surface area contributed by atoms with Crippen LogP contribution in [0.5, 0.6) is 5.75 Å². The van der Waals surface area contributed by atoms with Crippen molar-refractivity contribution in [2.45, 2.75) is 25.7 Å². The SMILES string of the molecule is CN1CCN(CCCCCCOc2cccc3ccccc23)CC1.Cl. The standard InChI is InChI=1S/C21H30N2O.ClH/c1-22-14-16-23(17-15-22)13-6-2-3-7-18-24-21-12-8-10-19-9-4-5-11-20(19)21;/h4-5,8-12H,2-3,6-7,13-18H2,1H3;1H. The Balaban J connectivity index is 0.00000225. The number of ether oxygens (including phenoxy) is 1. The van der Waals surface area contributed by atoms with Crippen molar-refractivity contribution in [2.75, 3.05) is 46.4 Å². The molecular weight excluding hydrogens is 332 g/mol. The zero-order valence-corrected chi connectivity index (χ0v) is 16.1. The lowest BCUT2D eigenvalue weighted by Gasteiger charge is -2.32. The van der Waals surface area contributed by atoms with Crippen LogP contribution < -0.4 is 4.74 Å². The van der Waals surface area contributed by atoms with E-state index in [2.05, 4.69) is 59.3 Å². The van der Waals surface area contributed by atoms with Crippen LogP contribution in [0.15, 0.2) is 42.5 Å². The van der Waals surface area contributed by atoms with Gasteiger partial charge in [-0.15, -0.1) is 12.4 Å². The van der Waals surface area contributed by atoms with E-state index in [4.69, 9.17) is 4.74 Å². The Morgan fingerprint density at radius 2 is 1.56 bits per heavy atom. The van der Waals surface area contributed by atoms with Gasteiger partial charge in [-0.25, -0.2) is 0 Å². The summed E-state index contributed by atoms with van der Waals surface area (Å²) in [6, 6.07) is 14.7. The number of piperazine rings is 1. The molecular formula is C21H31ClN2O. The van der Waals surface area contributed by atoms with Gasteiger partial charge in [-0.05, 0) is 37.9 Å². The molecule has 138 valence electrons. The molecule has 0 atom stereocenters. The molecule has 25 heavy (non-hydrogen) atoms. The minimum Gasteiger partial charge on any atom is -0.493 e. The van der Waals surface area contributed by atoms with Crippen LogP contribution in [-0.2, 0) is 0 Å². The molecule has 0 spiro atoms. The van der Waals surface area contributed by atoms with Gasteiger partial charge in [-0.1, -0.05) is 49.2 Å². The number of rotatable bonds is 8. The Bertz CT molecular complexity index is 621. The topological polar surface area (TPSA) is 15.7 Å². The van der Waals surface area contributed by atoms with E-state index in [1.54, 1.807) is 0 Å². The fourth-order valence-corrected chi connectivity index (χ4v) is 3.37. The van der Waals surface area contributed by atoms with Crippen LogP contribution >= 0.6 is 12.4 Å². The van der Waals surface area contributed by atoms with Crippen LogP contribution in [0.25, 0.3) is 10.8 Å². The lowest BCUT2D eigenvalue weighted by atomic mass is 10.1. The Labute approximate surface area is 158 Å². The van der Waals surface area contributed by atoms with Crippen molar-refractivity contribution in [2.24, 2.45) is 0 Å². The maximum absolute atomic E-state index is 6.01. The van der Waals surface area contributed by atoms with Crippen LogP contribution in [0.1, 0.15) is 25.7 Å². The smallest absolute Gasteiger partial charge is 0.127 e. The van der Waals surface area contributed by atoms with Crippen LogP contribution in [0.3, 0.4) is 0 Å². The van der Waals surface area contributed by atoms with Gasteiger partial charge in [-0.3, -0.25) is 0 Å². The fraction of sp³-hybridized carbons (Fsp3) is 0.524. The van der Waals surface area contributed by atoms with Gasteiger partial charge in [0.1, 0.15) is 5.75 Å². The molecule has 0 unspecified atom stereocenters. The van der Waals surface area contributed by atoms with Gasteiger partial charge in [0.2, 0.25) is 0 Å². The number of hydrogen-bond acceptors (Lipinski definition) is 3. The first kappa shape index (κ1) is 20.0. The molecule has 0 N–H and O–H groups in total. The van der Waals surface area contributed by atoms with Gasteiger partial charge in [0, 0.05) is 31.6 Å². The van der Waals surface area contributed by atoms with Gasteiger partial charge >= 0.3 is 0 Å². The number of fused-ring (bicyclic) bond motifs is 1. The molecule has 1 aliphatic rings. The Hall–Kier alpha value is -1.29. The number of likely N-dealkylation sites (N-methyl/N-ethyl adjacent to an activating group) is 1. The molecule has 3 rings (SSSR count). The predicted molar refractivity (Wildman–Crippen MR) is 109 cm³/mol. The molecule has 1 saturated heterocycles. The maximum atomic E-state index is 6.01. The summed E-state index contributed by atoms with van der Waals surface area (Å²) in [6.07, 6.45) is 5.04.